The summed E-state index contributed by atoms with van der Waals surface area (Å²) in [4.78, 5) is 19.6. The molecule has 0 unspecified atom stereocenters. The molecule has 0 saturated heterocycles. The maximum absolute atomic E-state index is 14.1. The number of nitrogens with one attached hydrogen (secondary N) is 1. The molecule has 1 amide bonds. The van der Waals surface area contributed by atoms with E-state index in [0.29, 0.717) is 45.8 Å². The summed E-state index contributed by atoms with van der Waals surface area (Å²) in [6.45, 7) is 7.24. The van der Waals surface area contributed by atoms with Crippen molar-refractivity contribution in [2.45, 2.75) is 53.2 Å². The average Bonchev–Trinajstić information content (AvgIpc) is 3.61. The van der Waals surface area contributed by atoms with Crippen LogP contribution in [0.15, 0.2) is 64.2 Å². The minimum absolute atomic E-state index is 0.0826. The van der Waals surface area contributed by atoms with Gasteiger partial charge in [-0.2, -0.15) is 0 Å². The zero-order valence-corrected chi connectivity index (χ0v) is 27.1. The number of nitrogens with zero attached hydrogens (tertiary/aromatic N) is 1. The number of furan rings is 1. The van der Waals surface area contributed by atoms with E-state index >= 15 is 0 Å². The lowest BCUT2D eigenvalue weighted by molar-refractivity contribution is 0.0947. The smallest absolute Gasteiger partial charge is 0.255 e. The molecule has 4 aromatic rings. The first-order valence-corrected chi connectivity index (χ1v) is 15.8. The number of rotatable bonds is 9. The van der Waals surface area contributed by atoms with Crippen LogP contribution in [0.1, 0.15) is 64.9 Å². The van der Waals surface area contributed by atoms with Crippen LogP contribution in [0.2, 0.25) is 0 Å². The van der Waals surface area contributed by atoms with Crippen molar-refractivity contribution in [1.82, 2.24) is 5.32 Å². The third-order valence-corrected chi connectivity index (χ3v) is 9.58. The predicted molar refractivity (Wildman–Crippen MR) is 173 cm³/mol. The van der Waals surface area contributed by atoms with E-state index in [-0.39, 0.29) is 23.7 Å². The van der Waals surface area contributed by atoms with Gasteiger partial charge in [-0.05, 0) is 94.6 Å². The van der Waals surface area contributed by atoms with Gasteiger partial charge >= 0.3 is 0 Å². The maximum Gasteiger partial charge on any atom is 0.255 e. The fraction of sp³-hybridized carbons (Fsp3) is 0.333. The first-order chi connectivity index (χ1) is 20.1. The van der Waals surface area contributed by atoms with E-state index in [9.17, 15) is 9.18 Å². The third-order valence-electron chi connectivity index (χ3n) is 7.61. The zero-order valence-electron chi connectivity index (χ0n) is 24.1. The molecule has 2 aromatic carbocycles. The second-order valence-electron chi connectivity index (χ2n) is 11.4. The Hall–Kier alpha value is -3.18. The number of carbonyl (C=O) groups is 1. The molecule has 1 aliphatic rings. The van der Waals surface area contributed by atoms with E-state index in [1.807, 2.05) is 24.3 Å². The number of fused-ring (bicyclic) bond motifs is 1. The summed E-state index contributed by atoms with van der Waals surface area (Å²) in [6.07, 6.45) is 6.19. The maximum atomic E-state index is 14.1. The average molecular weight is 701 g/mol. The SMILES string of the molecule is COc1cc(C=Nc2sc3c(c2C(=O)NCc2ccco2)CC[C@H](C(C)(C)C)C3)cc(I)c1OCc1ccccc1F. The van der Waals surface area contributed by atoms with Crippen molar-refractivity contribution in [3.63, 3.8) is 0 Å². The van der Waals surface area contributed by atoms with Crippen molar-refractivity contribution in [1.29, 1.82) is 0 Å². The van der Waals surface area contributed by atoms with Crippen molar-refractivity contribution in [3.05, 3.63) is 97.1 Å². The first-order valence-electron chi connectivity index (χ1n) is 13.9. The molecule has 5 rings (SSSR count). The van der Waals surface area contributed by atoms with Gasteiger partial charge in [0.2, 0.25) is 0 Å². The highest BCUT2D eigenvalue weighted by atomic mass is 127. The molecule has 2 heterocycles. The summed E-state index contributed by atoms with van der Waals surface area (Å²) in [5, 5.41) is 3.71. The number of halogens is 2. The van der Waals surface area contributed by atoms with Crippen molar-refractivity contribution in [2.75, 3.05) is 7.11 Å². The zero-order chi connectivity index (χ0) is 29.9. The van der Waals surface area contributed by atoms with Crippen LogP contribution >= 0.6 is 33.9 Å². The van der Waals surface area contributed by atoms with E-state index in [2.05, 4.69) is 48.7 Å². The minimum Gasteiger partial charge on any atom is -0.493 e. The van der Waals surface area contributed by atoms with Gasteiger partial charge in [0, 0.05) is 16.7 Å². The second kappa shape index (κ2) is 13.0. The Morgan fingerprint density at radius 1 is 1.24 bits per heavy atom. The molecule has 6 nitrogen and oxygen atoms in total. The Labute approximate surface area is 263 Å². The summed E-state index contributed by atoms with van der Waals surface area (Å²) in [5.41, 5.74) is 3.21. The molecule has 0 saturated carbocycles. The molecule has 0 aliphatic heterocycles. The highest BCUT2D eigenvalue weighted by Gasteiger charge is 2.33. The standard InChI is InChI=1S/C33H34FIN2O4S/c1-33(2,3)22-11-12-24-28(16-22)42-32(29(24)31(38)36-18-23-9-7-13-40-23)37-17-20-14-26(35)30(27(15-20)39-4)41-19-21-8-5-6-10-25(21)34/h5-10,13-15,17,22H,11-12,16,18-19H2,1-4H3,(H,36,38)/t22-/m0/s1. The third kappa shape index (κ3) is 6.89. The molecule has 0 radical (unpaired) electrons. The number of carbonyl (C=O) groups excluding carboxylic acids is 1. The normalized spacial score (nSPS) is 15.0. The number of hydrogen-bond acceptors (Lipinski definition) is 6. The first kappa shape index (κ1) is 30.3. The lowest BCUT2D eigenvalue weighted by atomic mass is 9.72. The summed E-state index contributed by atoms with van der Waals surface area (Å²) in [7, 11) is 1.57. The molecular weight excluding hydrogens is 666 g/mol. The van der Waals surface area contributed by atoms with Gasteiger partial charge in [-0.25, -0.2) is 9.38 Å². The molecule has 1 aliphatic carbocycles. The van der Waals surface area contributed by atoms with Gasteiger partial charge in [0.1, 0.15) is 23.2 Å². The van der Waals surface area contributed by atoms with Gasteiger partial charge in [0.25, 0.3) is 5.91 Å². The summed E-state index contributed by atoms with van der Waals surface area (Å²) in [5.74, 6) is 1.85. The molecule has 220 valence electrons. The molecule has 0 bridgehead atoms. The number of methoxy groups -OCH3 is 1. The Morgan fingerprint density at radius 2 is 2.05 bits per heavy atom. The van der Waals surface area contributed by atoms with Crippen molar-refractivity contribution in [3.8, 4) is 11.5 Å². The Bertz CT molecular complexity index is 1590. The van der Waals surface area contributed by atoms with Gasteiger partial charge in [-0.1, -0.05) is 39.0 Å². The molecule has 1 N–H and O–H groups in total. The van der Waals surface area contributed by atoms with Crippen molar-refractivity contribution in [2.24, 2.45) is 16.3 Å². The van der Waals surface area contributed by atoms with Gasteiger partial charge < -0.3 is 19.2 Å². The molecular formula is C33H34FIN2O4S. The number of amides is 1. The van der Waals surface area contributed by atoms with Gasteiger partial charge in [-0.3, -0.25) is 4.79 Å². The van der Waals surface area contributed by atoms with Gasteiger partial charge in [-0.15, -0.1) is 11.3 Å². The molecule has 1 atom stereocenters. The van der Waals surface area contributed by atoms with Crippen molar-refractivity contribution >= 4 is 51.1 Å². The molecule has 0 fully saturated rings. The van der Waals surface area contributed by atoms with Crippen LogP contribution in [-0.4, -0.2) is 19.2 Å². The number of thiophene rings is 1. The molecule has 0 spiro atoms. The fourth-order valence-corrected chi connectivity index (χ4v) is 7.21. The van der Waals surface area contributed by atoms with Crippen LogP contribution in [0.5, 0.6) is 11.5 Å². The van der Waals surface area contributed by atoms with E-state index < -0.39 is 0 Å². The summed E-state index contributed by atoms with van der Waals surface area (Å²) in [6, 6.07) is 14.0. The molecule has 2 aromatic heterocycles. The fourth-order valence-electron chi connectivity index (χ4n) is 5.16. The van der Waals surface area contributed by atoms with Gasteiger partial charge in [0.05, 0.1) is 29.1 Å². The number of aliphatic imine (C=N–C) groups is 1. The van der Waals surface area contributed by atoms with Crippen molar-refractivity contribution < 1.29 is 23.1 Å². The predicted octanol–water partition coefficient (Wildman–Crippen LogP) is 8.50. The summed E-state index contributed by atoms with van der Waals surface area (Å²) >= 11 is 3.78. The molecule has 9 heteroatoms. The number of ether oxygens (including phenoxy) is 2. The van der Waals surface area contributed by atoms with Crippen LogP contribution in [0.25, 0.3) is 0 Å². The number of hydrogen-bond donors (Lipinski definition) is 1. The topological polar surface area (TPSA) is 73.1 Å². The quantitative estimate of drug-likeness (QED) is 0.140. The van der Waals surface area contributed by atoms with Crippen LogP contribution in [-0.2, 0) is 26.0 Å². The second-order valence-corrected chi connectivity index (χ2v) is 13.7. The Balaban J connectivity index is 1.42. The lowest BCUT2D eigenvalue weighted by Crippen LogP contribution is -2.28. The van der Waals surface area contributed by atoms with E-state index in [0.717, 1.165) is 34.0 Å². The van der Waals surface area contributed by atoms with Gasteiger partial charge in [0.15, 0.2) is 11.5 Å². The Kier molecular flexibility index (Phi) is 9.37. The highest BCUT2D eigenvalue weighted by molar-refractivity contribution is 14.1. The number of benzene rings is 2. The lowest BCUT2D eigenvalue weighted by Gasteiger charge is -2.33. The molecule has 42 heavy (non-hydrogen) atoms. The Morgan fingerprint density at radius 3 is 2.76 bits per heavy atom. The monoisotopic (exact) mass is 700 g/mol. The van der Waals surface area contributed by atoms with Crippen LogP contribution in [0.4, 0.5) is 9.39 Å². The van der Waals surface area contributed by atoms with Crippen LogP contribution in [0, 0.1) is 20.7 Å². The van der Waals surface area contributed by atoms with Crippen LogP contribution < -0.4 is 14.8 Å². The summed E-state index contributed by atoms with van der Waals surface area (Å²) < 4.78 is 31.9. The van der Waals surface area contributed by atoms with E-state index in [1.54, 1.807) is 49.1 Å². The van der Waals surface area contributed by atoms with Crippen LogP contribution in [0.3, 0.4) is 0 Å². The van der Waals surface area contributed by atoms with E-state index in [4.69, 9.17) is 18.9 Å². The minimum atomic E-state index is -0.313. The largest absolute Gasteiger partial charge is 0.493 e. The highest BCUT2D eigenvalue weighted by Crippen LogP contribution is 2.45. The van der Waals surface area contributed by atoms with E-state index in [1.165, 1.54) is 10.9 Å².